The molecule has 1 atom stereocenters. The Kier molecular flexibility index (Phi) is 5.48. The first-order chi connectivity index (χ1) is 11.6. The SMILES string of the molecule is CC(C(=O)Nc1cc(S(=O)(=O)N(C)C)ccc1N(C)C)n1cccn1. The Morgan fingerprint density at radius 3 is 2.44 bits per heavy atom. The minimum Gasteiger partial charge on any atom is -0.376 e. The molecule has 1 unspecified atom stereocenters. The molecule has 2 rings (SSSR count). The second-order valence-corrected chi connectivity index (χ2v) is 8.16. The van der Waals surface area contributed by atoms with Crippen molar-refractivity contribution in [2.75, 3.05) is 38.4 Å². The summed E-state index contributed by atoms with van der Waals surface area (Å²) in [5.74, 6) is -0.286. The first kappa shape index (κ1) is 18.9. The summed E-state index contributed by atoms with van der Waals surface area (Å²) in [6.45, 7) is 1.72. The lowest BCUT2D eigenvalue weighted by molar-refractivity contribution is -0.119. The van der Waals surface area contributed by atoms with Gasteiger partial charge in [-0.1, -0.05) is 0 Å². The number of benzene rings is 1. The molecule has 0 fully saturated rings. The molecular weight excluding hydrogens is 342 g/mol. The van der Waals surface area contributed by atoms with Crippen molar-refractivity contribution in [2.45, 2.75) is 17.9 Å². The topological polar surface area (TPSA) is 87.5 Å². The van der Waals surface area contributed by atoms with Gasteiger partial charge in [0.05, 0.1) is 16.3 Å². The van der Waals surface area contributed by atoms with Crippen molar-refractivity contribution in [3.8, 4) is 0 Å². The third-order valence-corrected chi connectivity index (χ3v) is 5.60. The molecule has 0 aliphatic heterocycles. The van der Waals surface area contributed by atoms with E-state index in [1.54, 1.807) is 36.4 Å². The highest BCUT2D eigenvalue weighted by molar-refractivity contribution is 7.89. The lowest BCUT2D eigenvalue weighted by atomic mass is 10.2. The van der Waals surface area contributed by atoms with E-state index < -0.39 is 16.1 Å². The van der Waals surface area contributed by atoms with Crippen molar-refractivity contribution in [3.05, 3.63) is 36.7 Å². The van der Waals surface area contributed by atoms with E-state index in [0.29, 0.717) is 11.4 Å². The van der Waals surface area contributed by atoms with Crippen LogP contribution in [0.3, 0.4) is 0 Å². The van der Waals surface area contributed by atoms with Crippen LogP contribution in [0, 0.1) is 0 Å². The van der Waals surface area contributed by atoms with E-state index in [1.165, 1.54) is 30.9 Å². The van der Waals surface area contributed by atoms with Crippen molar-refractivity contribution in [1.29, 1.82) is 0 Å². The number of carbonyl (C=O) groups excluding carboxylic acids is 1. The summed E-state index contributed by atoms with van der Waals surface area (Å²) >= 11 is 0. The van der Waals surface area contributed by atoms with Crippen LogP contribution >= 0.6 is 0 Å². The summed E-state index contributed by atoms with van der Waals surface area (Å²) in [5.41, 5.74) is 1.13. The monoisotopic (exact) mass is 365 g/mol. The van der Waals surface area contributed by atoms with Crippen LogP contribution in [0.5, 0.6) is 0 Å². The third kappa shape index (κ3) is 3.99. The van der Waals surface area contributed by atoms with Gasteiger partial charge < -0.3 is 10.2 Å². The lowest BCUT2D eigenvalue weighted by Crippen LogP contribution is -2.26. The molecule has 0 bridgehead atoms. The molecule has 25 heavy (non-hydrogen) atoms. The van der Waals surface area contributed by atoms with Gasteiger partial charge in [0.15, 0.2) is 0 Å². The second-order valence-electron chi connectivity index (χ2n) is 6.01. The number of nitrogens with zero attached hydrogens (tertiary/aromatic N) is 4. The molecule has 0 aliphatic rings. The predicted molar refractivity (Wildman–Crippen MR) is 97.2 cm³/mol. The number of anilines is 2. The highest BCUT2D eigenvalue weighted by atomic mass is 32.2. The molecule has 0 saturated heterocycles. The zero-order valence-electron chi connectivity index (χ0n) is 15.0. The number of rotatable bonds is 6. The van der Waals surface area contributed by atoms with E-state index in [1.807, 2.05) is 14.1 Å². The molecule has 0 spiro atoms. The van der Waals surface area contributed by atoms with Crippen LogP contribution < -0.4 is 10.2 Å². The zero-order chi connectivity index (χ0) is 18.8. The van der Waals surface area contributed by atoms with Gasteiger partial charge in [-0.05, 0) is 31.2 Å². The molecule has 136 valence electrons. The Hall–Kier alpha value is -2.39. The van der Waals surface area contributed by atoms with Crippen molar-refractivity contribution in [1.82, 2.24) is 14.1 Å². The van der Waals surface area contributed by atoms with Gasteiger partial charge in [-0.2, -0.15) is 5.10 Å². The number of sulfonamides is 1. The highest BCUT2D eigenvalue weighted by Gasteiger charge is 2.22. The number of aromatic nitrogens is 2. The van der Waals surface area contributed by atoms with Crippen molar-refractivity contribution < 1.29 is 13.2 Å². The van der Waals surface area contributed by atoms with Crippen molar-refractivity contribution >= 4 is 27.3 Å². The molecule has 2 aromatic rings. The van der Waals surface area contributed by atoms with Crippen LogP contribution in [0.1, 0.15) is 13.0 Å². The fraction of sp³-hybridized carbons (Fsp3) is 0.375. The average Bonchev–Trinajstić information content (AvgIpc) is 3.07. The lowest BCUT2D eigenvalue weighted by Gasteiger charge is -2.21. The Morgan fingerprint density at radius 2 is 1.92 bits per heavy atom. The minimum absolute atomic E-state index is 0.116. The summed E-state index contributed by atoms with van der Waals surface area (Å²) < 4.78 is 27.4. The van der Waals surface area contributed by atoms with Gasteiger partial charge in [-0.3, -0.25) is 9.48 Å². The summed E-state index contributed by atoms with van der Waals surface area (Å²) in [5, 5.41) is 6.87. The van der Waals surface area contributed by atoms with Gasteiger partial charge in [-0.15, -0.1) is 0 Å². The summed E-state index contributed by atoms with van der Waals surface area (Å²) in [6.07, 6.45) is 3.29. The van der Waals surface area contributed by atoms with Crippen molar-refractivity contribution in [3.63, 3.8) is 0 Å². The van der Waals surface area contributed by atoms with Crippen LogP contribution in [-0.4, -0.2) is 56.6 Å². The quantitative estimate of drug-likeness (QED) is 0.836. The number of hydrogen-bond acceptors (Lipinski definition) is 5. The standard InChI is InChI=1S/C16H23N5O3S/c1-12(21-10-6-9-17-21)16(22)18-14-11-13(25(23,24)20(4)5)7-8-15(14)19(2)3/h6-12H,1-5H3,(H,18,22). The fourth-order valence-corrected chi connectivity index (χ4v) is 3.17. The van der Waals surface area contributed by atoms with Gasteiger partial charge in [0.1, 0.15) is 6.04 Å². The number of carbonyl (C=O) groups is 1. The van der Waals surface area contributed by atoms with E-state index >= 15 is 0 Å². The van der Waals surface area contributed by atoms with Crippen LogP contribution in [0.2, 0.25) is 0 Å². The zero-order valence-corrected chi connectivity index (χ0v) is 15.8. The maximum atomic E-state index is 12.5. The smallest absolute Gasteiger partial charge is 0.249 e. The Bertz CT molecular complexity index is 845. The molecule has 1 aromatic heterocycles. The van der Waals surface area contributed by atoms with E-state index in [9.17, 15) is 13.2 Å². The molecule has 1 amide bonds. The molecule has 1 N–H and O–H groups in total. The van der Waals surface area contributed by atoms with Crippen LogP contribution in [0.25, 0.3) is 0 Å². The highest BCUT2D eigenvalue weighted by Crippen LogP contribution is 2.29. The number of hydrogen-bond donors (Lipinski definition) is 1. The van der Waals surface area contributed by atoms with Gasteiger partial charge in [0, 0.05) is 40.6 Å². The molecule has 0 radical (unpaired) electrons. The maximum absolute atomic E-state index is 12.5. The Labute approximate surface area is 148 Å². The molecule has 1 heterocycles. The van der Waals surface area contributed by atoms with Gasteiger partial charge in [-0.25, -0.2) is 12.7 Å². The number of amides is 1. The van der Waals surface area contributed by atoms with Crippen LogP contribution in [0.4, 0.5) is 11.4 Å². The maximum Gasteiger partial charge on any atom is 0.249 e. The van der Waals surface area contributed by atoms with Crippen LogP contribution in [0.15, 0.2) is 41.6 Å². The van der Waals surface area contributed by atoms with E-state index in [2.05, 4.69) is 10.4 Å². The van der Waals surface area contributed by atoms with E-state index in [0.717, 1.165) is 4.31 Å². The second kappa shape index (κ2) is 7.24. The normalized spacial score (nSPS) is 12.9. The summed E-state index contributed by atoms with van der Waals surface area (Å²) in [4.78, 5) is 14.5. The van der Waals surface area contributed by atoms with E-state index in [-0.39, 0.29) is 10.8 Å². The number of nitrogens with one attached hydrogen (secondary N) is 1. The largest absolute Gasteiger partial charge is 0.376 e. The third-order valence-electron chi connectivity index (χ3n) is 3.79. The average molecular weight is 365 g/mol. The molecular formula is C16H23N5O3S. The first-order valence-corrected chi connectivity index (χ1v) is 9.12. The van der Waals surface area contributed by atoms with Gasteiger partial charge >= 0.3 is 0 Å². The Balaban J connectivity index is 2.39. The fourth-order valence-electron chi connectivity index (χ4n) is 2.24. The molecule has 1 aromatic carbocycles. The van der Waals surface area contributed by atoms with Crippen LogP contribution in [-0.2, 0) is 14.8 Å². The summed E-state index contributed by atoms with van der Waals surface area (Å²) in [7, 11) is 2.98. The van der Waals surface area contributed by atoms with E-state index in [4.69, 9.17) is 0 Å². The Morgan fingerprint density at radius 1 is 1.24 bits per heavy atom. The van der Waals surface area contributed by atoms with Gasteiger partial charge in [0.2, 0.25) is 15.9 Å². The molecule has 0 aliphatic carbocycles. The van der Waals surface area contributed by atoms with Gasteiger partial charge in [0.25, 0.3) is 0 Å². The first-order valence-electron chi connectivity index (χ1n) is 7.68. The minimum atomic E-state index is -3.60. The summed E-state index contributed by atoms with van der Waals surface area (Å²) in [6, 6.07) is 5.87. The predicted octanol–water partition coefficient (Wildman–Crippen LogP) is 1.40. The van der Waals surface area contributed by atoms with Crippen molar-refractivity contribution in [2.24, 2.45) is 0 Å². The molecule has 9 heteroatoms. The molecule has 8 nitrogen and oxygen atoms in total. The molecule has 0 saturated carbocycles.